The average Bonchev–Trinajstić information content (AvgIpc) is 3.43. The van der Waals surface area contributed by atoms with Gasteiger partial charge in [0.05, 0.1) is 50.9 Å². The van der Waals surface area contributed by atoms with Crippen LogP contribution in [0, 0.1) is 5.92 Å². The molecule has 6 aliphatic rings. The van der Waals surface area contributed by atoms with Crippen molar-refractivity contribution in [2.75, 3.05) is 46.1 Å². The molecule has 5 fully saturated rings. The summed E-state index contributed by atoms with van der Waals surface area (Å²) in [5, 5.41) is 103. The molecule has 82 heavy (non-hydrogen) atoms. The van der Waals surface area contributed by atoms with E-state index in [4.69, 9.17) is 42.6 Å². The predicted octanol–water partition coefficient (Wildman–Crippen LogP) is -1.19. The maximum atomic E-state index is 14.7. The molecule has 2 aromatic carbocycles. The third-order valence-electron chi connectivity index (χ3n) is 15.8. The van der Waals surface area contributed by atoms with E-state index in [0.717, 1.165) is 12.0 Å². The van der Waals surface area contributed by atoms with E-state index in [9.17, 15) is 55.2 Å². The molecule has 450 valence electrons. The molecule has 10 N–H and O–H groups in total. The van der Waals surface area contributed by atoms with Crippen molar-refractivity contribution >= 4 is 23.8 Å². The van der Waals surface area contributed by atoms with E-state index in [1.54, 1.807) is 17.2 Å². The summed E-state index contributed by atoms with van der Waals surface area (Å²) in [6.07, 6.45) is -19.6. The van der Waals surface area contributed by atoms with Crippen LogP contribution in [0.4, 0.5) is 0 Å². The summed E-state index contributed by atoms with van der Waals surface area (Å²) in [6, 6.07) is 14.0. The molecule has 4 saturated heterocycles. The maximum absolute atomic E-state index is 14.7. The lowest BCUT2D eigenvalue weighted by Gasteiger charge is -2.49. The van der Waals surface area contributed by atoms with E-state index < -0.39 is 147 Å². The highest BCUT2D eigenvalue weighted by atomic mass is 16.7. The number of aromatic nitrogens is 3. The number of carbonyl (C=O) groups is 3. The Kier molecular flexibility index (Phi) is 20.6. The zero-order chi connectivity index (χ0) is 58.4. The van der Waals surface area contributed by atoms with E-state index in [1.807, 2.05) is 61.5 Å². The third-order valence-corrected chi connectivity index (χ3v) is 15.8. The Labute approximate surface area is 473 Å². The SMILES string of the molecule is C=C1Oc2ccccc2C=C1COC1C(O)[C@@H](OCCNC(=O)C2CC(n3cc(-c4ccccc4)nn3)[C@@H](O[C@@H]3OC(C)[C@@H](O)[C@H](O)C3O)[C@H](O[C@@H]3O[C@@H](CO)[C@H](O)C(O[C@@H](CCC)C(=O)N4CCC4)C3NC(C)=O)C2)OC(CO)[C@H]1O. The molecular weight excluding hydrogens is 1080 g/mol. The van der Waals surface area contributed by atoms with Crippen LogP contribution in [-0.2, 0) is 52.3 Å². The topological polar surface area (TPSA) is 354 Å². The van der Waals surface area contributed by atoms with E-state index >= 15 is 0 Å². The molecule has 1 aromatic heterocycles. The minimum Gasteiger partial charge on any atom is -0.457 e. The quantitative estimate of drug-likeness (QED) is 0.0529. The minimum absolute atomic E-state index is 0.0426. The number of likely N-dealkylation sites (tertiary alicyclic amines) is 1. The summed E-state index contributed by atoms with van der Waals surface area (Å²) in [6.45, 7) is 7.61. The molecule has 20 atom stereocenters. The number of carbonyl (C=O) groups excluding carboxylic acids is 3. The van der Waals surface area contributed by atoms with Gasteiger partial charge in [-0.05, 0) is 44.7 Å². The van der Waals surface area contributed by atoms with Gasteiger partial charge in [-0.15, -0.1) is 5.10 Å². The van der Waals surface area contributed by atoms with Gasteiger partial charge < -0.3 is 99.0 Å². The molecular formula is C56H76N6O20. The number of para-hydroxylation sites is 1. The van der Waals surface area contributed by atoms with Gasteiger partial charge >= 0.3 is 0 Å². The lowest BCUT2D eigenvalue weighted by atomic mass is 9.80. The highest BCUT2D eigenvalue weighted by Crippen LogP contribution is 2.41. The highest BCUT2D eigenvalue weighted by Gasteiger charge is 2.54. The normalized spacial score (nSPS) is 35.1. The molecule has 6 heterocycles. The van der Waals surface area contributed by atoms with Gasteiger partial charge in [0, 0.05) is 49.2 Å². The number of fused-ring (bicyclic) bond motifs is 1. The lowest BCUT2D eigenvalue weighted by molar-refractivity contribution is -0.337. The van der Waals surface area contributed by atoms with Gasteiger partial charge in [0.2, 0.25) is 11.8 Å². The summed E-state index contributed by atoms with van der Waals surface area (Å²) in [5.41, 5.74) is 2.45. The van der Waals surface area contributed by atoms with Crippen LogP contribution < -0.4 is 15.4 Å². The molecule has 9 unspecified atom stereocenters. The van der Waals surface area contributed by atoms with Crippen LogP contribution in [0.1, 0.15) is 64.5 Å². The van der Waals surface area contributed by atoms with Crippen molar-refractivity contribution in [3.8, 4) is 17.0 Å². The fourth-order valence-corrected chi connectivity index (χ4v) is 11.1. The largest absolute Gasteiger partial charge is 0.457 e. The first-order chi connectivity index (χ1) is 39.5. The molecule has 1 aliphatic carbocycles. The molecule has 3 aromatic rings. The summed E-state index contributed by atoms with van der Waals surface area (Å²) >= 11 is 0. The van der Waals surface area contributed by atoms with Crippen molar-refractivity contribution in [3.63, 3.8) is 0 Å². The van der Waals surface area contributed by atoms with Gasteiger partial charge in [-0.3, -0.25) is 14.4 Å². The molecule has 0 spiro atoms. The molecule has 5 aliphatic heterocycles. The van der Waals surface area contributed by atoms with Crippen molar-refractivity contribution in [1.82, 2.24) is 30.5 Å². The van der Waals surface area contributed by atoms with Gasteiger partial charge in [0.25, 0.3) is 5.91 Å². The molecule has 26 nitrogen and oxygen atoms in total. The van der Waals surface area contributed by atoms with Gasteiger partial charge in [-0.25, -0.2) is 4.68 Å². The van der Waals surface area contributed by atoms with E-state index in [2.05, 4.69) is 27.5 Å². The molecule has 1 saturated carbocycles. The Morgan fingerprint density at radius 2 is 1.51 bits per heavy atom. The number of aliphatic hydroxyl groups is 8. The molecule has 0 radical (unpaired) electrons. The van der Waals surface area contributed by atoms with Crippen LogP contribution >= 0.6 is 0 Å². The molecule has 9 rings (SSSR count). The Balaban J connectivity index is 0.978. The second-order valence-corrected chi connectivity index (χ2v) is 21.5. The molecule has 3 amide bonds. The Bertz CT molecular complexity index is 2660. The monoisotopic (exact) mass is 1150 g/mol. The summed E-state index contributed by atoms with van der Waals surface area (Å²) < 4.78 is 57.2. The van der Waals surface area contributed by atoms with Gasteiger partial charge in [0.15, 0.2) is 18.9 Å². The van der Waals surface area contributed by atoms with E-state index in [0.29, 0.717) is 47.8 Å². The zero-order valence-corrected chi connectivity index (χ0v) is 45.9. The average molecular weight is 1150 g/mol. The van der Waals surface area contributed by atoms with E-state index in [1.165, 1.54) is 18.5 Å². The Hall–Kier alpha value is -5.37. The van der Waals surface area contributed by atoms with Crippen molar-refractivity contribution in [2.45, 2.75) is 169 Å². The number of benzene rings is 2. The van der Waals surface area contributed by atoms with Crippen LogP contribution in [0.25, 0.3) is 17.3 Å². The van der Waals surface area contributed by atoms with Crippen molar-refractivity contribution in [2.24, 2.45) is 5.92 Å². The summed E-state index contributed by atoms with van der Waals surface area (Å²) in [4.78, 5) is 43.1. The van der Waals surface area contributed by atoms with Crippen LogP contribution in [0.15, 0.2) is 78.7 Å². The standard InChI is InChI=1S/C56H76N6O20/c1-5-12-38(53(73)61-18-11-19-61)78-50-42(58-30(4)65)54(80-40(25-63)44(50)67)79-39-23-33(22-36(62-24-35(59-60-62)31-13-7-6-8-14-31)49(39)82-56-47(70)46(69)43(66)29(3)77-56)52(72)57-17-20-74-55-48(71)51(45(68)41(26-64)81-55)75-27-34-21-32-15-9-10-16-37(32)76-28(34)2/h6-10,13-16,21,24,29,33,36,38-51,54-56,63-64,66-71H,2,5,11-12,17-20,22-23,25-27H2,1,3-4H3,(H,57,72)(H,58,65)/t29?,33?,36?,38-,39+,40-,41?,42?,43+,44-,45+,46-,47?,48?,49+,50?,51?,54+,55-,56-/m0/s1. The second-order valence-electron chi connectivity index (χ2n) is 21.5. The van der Waals surface area contributed by atoms with Crippen molar-refractivity contribution in [3.05, 3.63) is 84.3 Å². The van der Waals surface area contributed by atoms with Gasteiger partial charge in [-0.2, -0.15) is 0 Å². The number of aliphatic hydroxyl groups excluding tert-OH is 8. The first-order valence-corrected chi connectivity index (χ1v) is 27.9. The predicted molar refractivity (Wildman–Crippen MR) is 284 cm³/mol. The van der Waals surface area contributed by atoms with Gasteiger partial charge in [-0.1, -0.05) is 73.7 Å². The fraction of sp³-hybridized carbons (Fsp3) is 0.625. The lowest BCUT2D eigenvalue weighted by Crippen LogP contribution is -2.67. The van der Waals surface area contributed by atoms with Crippen LogP contribution in [0.3, 0.4) is 0 Å². The van der Waals surface area contributed by atoms with Crippen molar-refractivity contribution < 1.29 is 97.9 Å². The highest BCUT2D eigenvalue weighted by molar-refractivity contribution is 5.81. The minimum atomic E-state index is -1.81. The fourth-order valence-electron chi connectivity index (χ4n) is 11.1. The van der Waals surface area contributed by atoms with Gasteiger partial charge in [0.1, 0.15) is 96.5 Å². The number of nitrogens with one attached hydrogen (secondary N) is 2. The maximum Gasteiger partial charge on any atom is 0.251 e. The number of rotatable bonds is 22. The number of nitrogens with zero attached hydrogens (tertiary/aromatic N) is 4. The van der Waals surface area contributed by atoms with E-state index in [-0.39, 0.29) is 44.9 Å². The first-order valence-electron chi connectivity index (χ1n) is 27.9. The molecule has 0 bridgehead atoms. The number of hydrogen-bond donors (Lipinski definition) is 10. The van der Waals surface area contributed by atoms with Crippen LogP contribution in [0.5, 0.6) is 5.75 Å². The van der Waals surface area contributed by atoms with Crippen LogP contribution in [0.2, 0.25) is 0 Å². The third kappa shape index (κ3) is 13.7. The molecule has 26 heteroatoms. The first kappa shape index (κ1) is 61.2. The number of ether oxygens (including phenoxy) is 9. The number of amides is 3. The smallest absolute Gasteiger partial charge is 0.251 e. The Morgan fingerprint density at radius 1 is 0.805 bits per heavy atom. The number of hydrogen-bond acceptors (Lipinski definition) is 22. The van der Waals surface area contributed by atoms with Crippen LogP contribution in [-0.4, -0.2) is 235 Å². The Morgan fingerprint density at radius 3 is 2.21 bits per heavy atom. The summed E-state index contributed by atoms with van der Waals surface area (Å²) in [7, 11) is 0. The second kappa shape index (κ2) is 27.6. The van der Waals surface area contributed by atoms with Crippen molar-refractivity contribution in [1.29, 1.82) is 0 Å². The zero-order valence-electron chi connectivity index (χ0n) is 45.9. The summed E-state index contributed by atoms with van der Waals surface area (Å²) in [5.74, 6) is -1.51.